The van der Waals surface area contributed by atoms with Crippen molar-refractivity contribution in [3.63, 3.8) is 0 Å². The second kappa shape index (κ2) is 5.97. The highest BCUT2D eigenvalue weighted by Gasteiger charge is 2.69. The van der Waals surface area contributed by atoms with Crippen molar-refractivity contribution in [2.45, 2.75) is 42.5 Å². The molecule has 3 heterocycles. The summed E-state index contributed by atoms with van der Waals surface area (Å²) >= 11 is 9.24. The van der Waals surface area contributed by atoms with Crippen LogP contribution in [0.25, 0.3) is 0 Å². The number of hydrogen-bond donors (Lipinski definition) is 2. The molecule has 0 saturated carbocycles. The fourth-order valence-electron chi connectivity index (χ4n) is 4.52. The minimum atomic E-state index is -1.42. The number of carbonyl (C=O) groups excluding carboxylic acids is 2. The Hall–Kier alpha value is -2.05. The second-order valence-corrected chi connectivity index (χ2v) is 9.23. The summed E-state index contributed by atoms with van der Waals surface area (Å²) in [5, 5.41) is 10.0. The first-order chi connectivity index (χ1) is 13.1. The molecule has 3 aliphatic heterocycles. The van der Waals surface area contributed by atoms with Crippen molar-refractivity contribution >= 4 is 37.1 Å². The largest absolute Gasteiger partial charge is 0.454 e. The Bertz CT molecular complexity index is 934. The van der Waals surface area contributed by atoms with Crippen molar-refractivity contribution in [2.24, 2.45) is 5.41 Å². The number of piperazine rings is 1. The van der Waals surface area contributed by atoms with E-state index in [-0.39, 0.29) is 25.0 Å². The molecule has 3 aliphatic rings. The van der Waals surface area contributed by atoms with Gasteiger partial charge in [-0.15, -0.1) is 25.3 Å². The highest BCUT2D eigenvalue weighted by molar-refractivity contribution is 7.83. The third-order valence-electron chi connectivity index (χ3n) is 6.10. The third kappa shape index (κ3) is 2.25. The molecule has 0 aromatic heterocycles. The van der Waals surface area contributed by atoms with Gasteiger partial charge in [0.15, 0.2) is 21.2 Å². The first-order valence-electron chi connectivity index (χ1n) is 9.00. The van der Waals surface area contributed by atoms with Crippen LogP contribution in [0.4, 0.5) is 0 Å². The van der Waals surface area contributed by atoms with Gasteiger partial charge in [0.2, 0.25) is 6.79 Å². The summed E-state index contributed by atoms with van der Waals surface area (Å²) in [5.74, 6) is 0.486. The Morgan fingerprint density at radius 3 is 2.57 bits per heavy atom. The van der Waals surface area contributed by atoms with E-state index in [9.17, 15) is 14.9 Å². The van der Waals surface area contributed by atoms with Gasteiger partial charge in [-0.1, -0.05) is 13.0 Å². The number of nitrogens with zero attached hydrogens (tertiary/aromatic N) is 3. The molecular formula is C19H21N3O4S2. The summed E-state index contributed by atoms with van der Waals surface area (Å²) in [7, 11) is 1.56. The molecule has 7 nitrogen and oxygen atoms in total. The zero-order chi connectivity index (χ0) is 20.5. The van der Waals surface area contributed by atoms with Crippen LogP contribution in [0.2, 0.25) is 0 Å². The normalized spacial score (nSPS) is 36.5. The van der Waals surface area contributed by atoms with E-state index in [1.165, 1.54) is 9.80 Å². The third-order valence-corrected chi connectivity index (χ3v) is 7.47. The van der Waals surface area contributed by atoms with Crippen LogP contribution in [0.5, 0.6) is 11.5 Å². The zero-order valence-corrected chi connectivity index (χ0v) is 17.6. The van der Waals surface area contributed by atoms with Gasteiger partial charge in [0.05, 0.1) is 17.5 Å². The standard InChI is InChI=1S/C19H21N3O4S2/c1-4-18(27)16(24)22-14(11-5-6-12-13(7-11)26-10-25-12)17(2,9-20)8-19(22,28)15(23)21(18)3/h5-7,14,27-28H,4,8,10H2,1-3H3/t14?,17-,18?,19?/m1/s1. The number of carbonyl (C=O) groups is 2. The van der Waals surface area contributed by atoms with Crippen LogP contribution < -0.4 is 9.47 Å². The molecule has 0 aliphatic carbocycles. The Morgan fingerprint density at radius 1 is 1.25 bits per heavy atom. The van der Waals surface area contributed by atoms with Gasteiger partial charge in [-0.3, -0.25) is 9.59 Å². The van der Waals surface area contributed by atoms with Crippen LogP contribution in [-0.2, 0) is 9.59 Å². The number of hydrogen-bond acceptors (Lipinski definition) is 7. The van der Waals surface area contributed by atoms with E-state index in [1.807, 2.05) is 0 Å². The predicted molar refractivity (Wildman–Crippen MR) is 107 cm³/mol. The average Bonchev–Trinajstić information content (AvgIpc) is 3.24. The fourth-order valence-corrected chi connectivity index (χ4v) is 5.40. The van der Waals surface area contributed by atoms with Crippen LogP contribution >= 0.6 is 25.3 Å². The molecule has 2 fully saturated rings. The van der Waals surface area contributed by atoms with Gasteiger partial charge in [0.25, 0.3) is 11.8 Å². The maximum Gasteiger partial charge on any atom is 0.260 e. The van der Waals surface area contributed by atoms with Crippen LogP contribution in [0.3, 0.4) is 0 Å². The molecule has 4 atom stereocenters. The summed E-state index contributed by atoms with van der Waals surface area (Å²) in [6.07, 6.45) is 0.440. The highest BCUT2D eigenvalue weighted by atomic mass is 32.1. The van der Waals surface area contributed by atoms with Gasteiger partial charge in [-0.2, -0.15) is 5.26 Å². The van der Waals surface area contributed by atoms with E-state index in [1.54, 1.807) is 39.1 Å². The molecule has 4 rings (SSSR count). The summed E-state index contributed by atoms with van der Waals surface area (Å²) in [6, 6.07) is 6.98. The Balaban J connectivity index is 1.91. The molecule has 0 bridgehead atoms. The number of amides is 2. The monoisotopic (exact) mass is 419 g/mol. The molecule has 148 valence electrons. The van der Waals surface area contributed by atoms with Crippen LogP contribution in [-0.4, -0.2) is 45.2 Å². The van der Waals surface area contributed by atoms with Gasteiger partial charge in [-0.25, -0.2) is 0 Å². The number of ether oxygens (including phenoxy) is 2. The van der Waals surface area contributed by atoms with E-state index < -0.39 is 21.2 Å². The molecule has 0 N–H and O–H groups in total. The lowest BCUT2D eigenvalue weighted by molar-refractivity contribution is -0.164. The maximum atomic E-state index is 13.6. The number of benzene rings is 1. The van der Waals surface area contributed by atoms with Gasteiger partial charge in [0.1, 0.15) is 0 Å². The summed E-state index contributed by atoms with van der Waals surface area (Å²) in [6.45, 7) is 3.68. The Kier molecular flexibility index (Phi) is 4.11. The summed E-state index contributed by atoms with van der Waals surface area (Å²) in [5.41, 5.74) is -0.323. The number of thiol groups is 2. The number of nitriles is 1. The van der Waals surface area contributed by atoms with Crippen molar-refractivity contribution in [3.8, 4) is 17.6 Å². The predicted octanol–water partition coefficient (Wildman–Crippen LogP) is 2.35. The lowest BCUT2D eigenvalue weighted by atomic mass is 9.79. The van der Waals surface area contributed by atoms with Crippen LogP contribution in [0, 0.1) is 16.7 Å². The first-order valence-corrected chi connectivity index (χ1v) is 9.89. The molecule has 2 saturated heterocycles. The number of rotatable bonds is 2. The smallest absolute Gasteiger partial charge is 0.260 e. The molecular weight excluding hydrogens is 398 g/mol. The lowest BCUT2D eigenvalue weighted by Gasteiger charge is -2.51. The van der Waals surface area contributed by atoms with Crippen molar-refractivity contribution < 1.29 is 19.1 Å². The Morgan fingerprint density at radius 2 is 1.93 bits per heavy atom. The van der Waals surface area contributed by atoms with E-state index in [4.69, 9.17) is 9.47 Å². The lowest BCUT2D eigenvalue weighted by Crippen LogP contribution is -2.70. The zero-order valence-electron chi connectivity index (χ0n) is 15.8. The van der Waals surface area contributed by atoms with Crippen molar-refractivity contribution in [2.75, 3.05) is 13.8 Å². The molecule has 2 amide bonds. The van der Waals surface area contributed by atoms with E-state index in [2.05, 4.69) is 31.3 Å². The van der Waals surface area contributed by atoms with Gasteiger partial charge in [0, 0.05) is 13.5 Å². The summed E-state index contributed by atoms with van der Waals surface area (Å²) < 4.78 is 10.8. The number of fused-ring (bicyclic) bond motifs is 2. The Labute approximate surface area is 174 Å². The first kappa shape index (κ1) is 19.3. The molecule has 0 radical (unpaired) electrons. The molecule has 1 aromatic carbocycles. The van der Waals surface area contributed by atoms with E-state index in [0.29, 0.717) is 23.5 Å². The SMILES string of the molecule is CCC1(S)C(=O)N2C(c3ccc4c(c3)OCO4)[C@@](C)(C#N)CC2(S)C(=O)N1C. The topological polar surface area (TPSA) is 82.9 Å². The average molecular weight is 420 g/mol. The van der Waals surface area contributed by atoms with Crippen LogP contribution in [0.15, 0.2) is 18.2 Å². The quantitative estimate of drug-likeness (QED) is 0.719. The molecule has 3 unspecified atom stereocenters. The van der Waals surface area contributed by atoms with Crippen molar-refractivity contribution in [1.82, 2.24) is 9.80 Å². The van der Waals surface area contributed by atoms with Crippen molar-refractivity contribution in [3.05, 3.63) is 23.8 Å². The van der Waals surface area contributed by atoms with Gasteiger partial charge < -0.3 is 19.3 Å². The second-order valence-electron chi connectivity index (χ2n) is 7.75. The summed E-state index contributed by atoms with van der Waals surface area (Å²) in [4.78, 5) is 26.9. The molecule has 0 spiro atoms. The molecule has 28 heavy (non-hydrogen) atoms. The van der Waals surface area contributed by atoms with Crippen molar-refractivity contribution in [1.29, 1.82) is 5.26 Å². The van der Waals surface area contributed by atoms with Crippen LogP contribution in [0.1, 0.15) is 38.3 Å². The molecule has 9 heteroatoms. The minimum absolute atomic E-state index is 0.112. The van der Waals surface area contributed by atoms with Gasteiger partial charge >= 0.3 is 0 Å². The number of likely N-dealkylation sites (N-methyl/N-ethyl adjacent to an activating group) is 1. The fraction of sp³-hybridized carbons (Fsp3) is 0.526. The van der Waals surface area contributed by atoms with Gasteiger partial charge in [-0.05, 0) is 31.0 Å². The molecule has 1 aromatic rings. The maximum absolute atomic E-state index is 13.6. The van der Waals surface area contributed by atoms with E-state index >= 15 is 0 Å². The highest BCUT2D eigenvalue weighted by Crippen LogP contribution is 2.60. The minimum Gasteiger partial charge on any atom is -0.454 e. The van der Waals surface area contributed by atoms with E-state index in [0.717, 1.165) is 0 Å².